The van der Waals surface area contributed by atoms with Crippen molar-refractivity contribution < 1.29 is 13.2 Å². The molecule has 1 aromatic heterocycles. The molecule has 0 amide bonds. The van der Waals surface area contributed by atoms with Gasteiger partial charge in [-0.15, -0.1) is 11.3 Å². The van der Waals surface area contributed by atoms with Gasteiger partial charge in [0, 0.05) is 27.2 Å². The van der Waals surface area contributed by atoms with E-state index >= 15 is 0 Å². The quantitative estimate of drug-likeness (QED) is 0.805. The van der Waals surface area contributed by atoms with Crippen molar-refractivity contribution in [2.75, 3.05) is 7.05 Å². The number of hydrogen-bond acceptors (Lipinski definition) is 2. The largest absolute Gasteiger partial charge is 0.313 e. The van der Waals surface area contributed by atoms with Gasteiger partial charge in [-0.3, -0.25) is 0 Å². The minimum Gasteiger partial charge on any atom is -0.313 e. The SMILES string of the molecule is CNC(Cc1cc(Br)cs1)c1cc(F)c(F)c(F)c1. The molecule has 0 saturated heterocycles. The van der Waals surface area contributed by atoms with Crippen LogP contribution in [-0.2, 0) is 6.42 Å². The van der Waals surface area contributed by atoms with Gasteiger partial charge in [0.2, 0.25) is 0 Å². The molecule has 19 heavy (non-hydrogen) atoms. The van der Waals surface area contributed by atoms with Gasteiger partial charge in [0.05, 0.1) is 0 Å². The summed E-state index contributed by atoms with van der Waals surface area (Å²) in [6.45, 7) is 0. The van der Waals surface area contributed by atoms with E-state index in [0.29, 0.717) is 12.0 Å². The van der Waals surface area contributed by atoms with E-state index in [9.17, 15) is 13.2 Å². The Bertz CT molecular complexity index is 562. The lowest BCUT2D eigenvalue weighted by Gasteiger charge is -2.16. The van der Waals surface area contributed by atoms with Crippen LogP contribution in [0, 0.1) is 17.5 Å². The molecular formula is C13H11BrF3NS. The molecule has 2 rings (SSSR count). The van der Waals surface area contributed by atoms with E-state index in [1.165, 1.54) is 0 Å². The molecule has 1 atom stereocenters. The van der Waals surface area contributed by atoms with E-state index in [1.807, 2.05) is 11.4 Å². The first-order valence-electron chi connectivity index (χ1n) is 5.56. The number of benzene rings is 1. The van der Waals surface area contributed by atoms with Gasteiger partial charge in [-0.25, -0.2) is 13.2 Å². The molecule has 2 aromatic rings. The Morgan fingerprint density at radius 3 is 2.32 bits per heavy atom. The number of thiophene rings is 1. The number of likely N-dealkylation sites (N-methyl/N-ethyl adjacent to an activating group) is 1. The molecule has 6 heteroatoms. The Balaban J connectivity index is 2.27. The fourth-order valence-electron chi connectivity index (χ4n) is 1.82. The summed E-state index contributed by atoms with van der Waals surface area (Å²) in [7, 11) is 1.70. The van der Waals surface area contributed by atoms with Crippen LogP contribution in [0.1, 0.15) is 16.5 Å². The molecule has 0 saturated carbocycles. The van der Waals surface area contributed by atoms with Gasteiger partial charge in [0.1, 0.15) is 0 Å². The van der Waals surface area contributed by atoms with Crippen LogP contribution in [0.5, 0.6) is 0 Å². The van der Waals surface area contributed by atoms with Gasteiger partial charge >= 0.3 is 0 Å². The first-order chi connectivity index (χ1) is 9.01. The summed E-state index contributed by atoms with van der Waals surface area (Å²) in [4.78, 5) is 1.07. The lowest BCUT2D eigenvalue weighted by molar-refractivity contribution is 0.441. The van der Waals surface area contributed by atoms with Crippen LogP contribution in [0.25, 0.3) is 0 Å². The van der Waals surface area contributed by atoms with Gasteiger partial charge in [-0.1, -0.05) is 0 Å². The lowest BCUT2D eigenvalue weighted by Crippen LogP contribution is -2.19. The average Bonchev–Trinajstić information content (AvgIpc) is 2.78. The molecule has 0 radical (unpaired) electrons. The highest BCUT2D eigenvalue weighted by Gasteiger charge is 2.17. The maximum Gasteiger partial charge on any atom is 0.194 e. The second-order valence-corrected chi connectivity index (χ2v) is 5.99. The van der Waals surface area contributed by atoms with E-state index in [-0.39, 0.29) is 6.04 Å². The van der Waals surface area contributed by atoms with Gasteiger partial charge in [0.25, 0.3) is 0 Å². The van der Waals surface area contributed by atoms with E-state index < -0.39 is 17.5 Å². The minimum atomic E-state index is -1.43. The van der Waals surface area contributed by atoms with Gasteiger partial charge in [-0.05, 0) is 46.7 Å². The van der Waals surface area contributed by atoms with Crippen molar-refractivity contribution in [3.63, 3.8) is 0 Å². The second kappa shape index (κ2) is 6.07. The van der Waals surface area contributed by atoms with E-state index in [2.05, 4.69) is 21.2 Å². The smallest absolute Gasteiger partial charge is 0.194 e. The lowest BCUT2D eigenvalue weighted by atomic mass is 10.0. The molecule has 0 aliphatic rings. The third kappa shape index (κ3) is 3.38. The molecule has 0 bridgehead atoms. The van der Waals surface area contributed by atoms with Crippen LogP contribution in [-0.4, -0.2) is 7.05 Å². The Morgan fingerprint density at radius 1 is 1.21 bits per heavy atom. The summed E-state index contributed by atoms with van der Waals surface area (Å²) in [6, 6.07) is 3.74. The van der Waals surface area contributed by atoms with Crippen LogP contribution < -0.4 is 5.32 Å². The first kappa shape index (κ1) is 14.6. The fraction of sp³-hybridized carbons (Fsp3) is 0.231. The molecule has 0 aliphatic carbocycles. The maximum atomic E-state index is 13.2. The van der Waals surface area contributed by atoms with Crippen molar-refractivity contribution in [3.8, 4) is 0 Å². The monoisotopic (exact) mass is 349 g/mol. The summed E-state index contributed by atoms with van der Waals surface area (Å²) in [6.07, 6.45) is 0.581. The molecule has 1 nitrogen and oxygen atoms in total. The predicted molar refractivity (Wildman–Crippen MR) is 73.8 cm³/mol. The minimum absolute atomic E-state index is 0.268. The molecule has 1 heterocycles. The number of nitrogens with one attached hydrogen (secondary N) is 1. The van der Waals surface area contributed by atoms with Gasteiger partial charge < -0.3 is 5.32 Å². The summed E-state index contributed by atoms with van der Waals surface area (Å²) in [5, 5.41) is 4.92. The highest BCUT2D eigenvalue weighted by molar-refractivity contribution is 9.10. The highest BCUT2D eigenvalue weighted by atomic mass is 79.9. The average molecular weight is 350 g/mol. The molecule has 0 spiro atoms. The maximum absolute atomic E-state index is 13.2. The molecule has 1 unspecified atom stereocenters. The Morgan fingerprint density at radius 2 is 1.84 bits per heavy atom. The number of halogens is 4. The van der Waals surface area contributed by atoms with Crippen molar-refractivity contribution in [3.05, 3.63) is 55.9 Å². The summed E-state index contributed by atoms with van der Waals surface area (Å²) in [5.41, 5.74) is 0.392. The van der Waals surface area contributed by atoms with Crippen molar-refractivity contribution in [1.82, 2.24) is 5.32 Å². The topological polar surface area (TPSA) is 12.0 Å². The third-order valence-electron chi connectivity index (χ3n) is 2.78. The van der Waals surface area contributed by atoms with Crippen LogP contribution in [0.2, 0.25) is 0 Å². The zero-order valence-electron chi connectivity index (χ0n) is 10.0. The van der Waals surface area contributed by atoms with Crippen molar-refractivity contribution >= 4 is 27.3 Å². The van der Waals surface area contributed by atoms with E-state index in [1.54, 1.807) is 18.4 Å². The van der Waals surface area contributed by atoms with Crippen LogP contribution in [0.3, 0.4) is 0 Å². The van der Waals surface area contributed by atoms with Crippen molar-refractivity contribution in [2.24, 2.45) is 0 Å². The van der Waals surface area contributed by atoms with Crippen LogP contribution >= 0.6 is 27.3 Å². The van der Waals surface area contributed by atoms with Crippen molar-refractivity contribution in [1.29, 1.82) is 0 Å². The molecular weight excluding hydrogens is 339 g/mol. The van der Waals surface area contributed by atoms with Crippen LogP contribution in [0.4, 0.5) is 13.2 Å². The molecule has 1 N–H and O–H groups in total. The molecule has 0 aliphatic heterocycles. The third-order valence-corrected chi connectivity index (χ3v) is 4.50. The summed E-state index contributed by atoms with van der Waals surface area (Å²) < 4.78 is 40.4. The Hall–Kier alpha value is -0.850. The Kier molecular flexibility index (Phi) is 4.65. The van der Waals surface area contributed by atoms with Crippen molar-refractivity contribution in [2.45, 2.75) is 12.5 Å². The number of hydrogen-bond donors (Lipinski definition) is 1. The molecule has 1 aromatic carbocycles. The van der Waals surface area contributed by atoms with E-state index in [0.717, 1.165) is 21.5 Å². The summed E-state index contributed by atoms with van der Waals surface area (Å²) in [5.74, 6) is -3.76. The predicted octanol–water partition coefficient (Wildman–Crippen LogP) is 4.43. The zero-order valence-corrected chi connectivity index (χ0v) is 12.4. The zero-order chi connectivity index (χ0) is 14.0. The highest BCUT2D eigenvalue weighted by Crippen LogP contribution is 2.27. The summed E-state index contributed by atoms with van der Waals surface area (Å²) >= 11 is 4.90. The molecule has 102 valence electrons. The van der Waals surface area contributed by atoms with E-state index in [4.69, 9.17) is 0 Å². The first-order valence-corrected chi connectivity index (χ1v) is 7.23. The second-order valence-electron chi connectivity index (χ2n) is 4.08. The standard InChI is InChI=1S/C13H11BrF3NS/c1-18-12(5-9-4-8(14)6-19-9)7-2-10(15)13(17)11(16)3-7/h2-4,6,12,18H,5H2,1H3. The van der Waals surface area contributed by atoms with Gasteiger partial charge in [0.15, 0.2) is 17.5 Å². The van der Waals surface area contributed by atoms with Crippen LogP contribution in [0.15, 0.2) is 28.1 Å². The Labute approximate surface area is 121 Å². The van der Waals surface area contributed by atoms with Gasteiger partial charge in [-0.2, -0.15) is 0 Å². The molecule has 0 fully saturated rings. The fourth-order valence-corrected chi connectivity index (χ4v) is 3.32. The normalized spacial score (nSPS) is 12.7. The number of rotatable bonds is 4.